The number of aromatic nitrogens is 2. The number of rotatable bonds is 8. The van der Waals surface area contributed by atoms with Gasteiger partial charge in [0, 0.05) is 5.39 Å². The third-order valence-corrected chi connectivity index (χ3v) is 5.28. The Hall–Kier alpha value is -3.91. The standard InChI is InChI=1S/C25H24FN3O4/c1-16(28-24(31)15-30)25(17-4-3-5-21(12-17)32-2)33-22-10-11-23-18(13-22)14-27-29(23)20-8-6-19(26)7-9-20/h3-14,16,25,30H,15H2,1-2H3,(H,28,31). The first kappa shape index (κ1) is 22.3. The Morgan fingerprint density at radius 1 is 1.12 bits per heavy atom. The maximum atomic E-state index is 13.3. The fourth-order valence-corrected chi connectivity index (χ4v) is 3.67. The van der Waals surface area contributed by atoms with Gasteiger partial charge in [0.2, 0.25) is 5.91 Å². The maximum Gasteiger partial charge on any atom is 0.246 e. The summed E-state index contributed by atoms with van der Waals surface area (Å²) in [6.07, 6.45) is 1.17. The van der Waals surface area contributed by atoms with Crippen molar-refractivity contribution in [3.8, 4) is 17.2 Å². The highest BCUT2D eigenvalue weighted by Crippen LogP contribution is 2.30. The van der Waals surface area contributed by atoms with Crippen molar-refractivity contribution in [2.24, 2.45) is 0 Å². The fourth-order valence-electron chi connectivity index (χ4n) is 3.67. The molecular weight excluding hydrogens is 425 g/mol. The summed E-state index contributed by atoms with van der Waals surface area (Å²) in [7, 11) is 1.58. The van der Waals surface area contributed by atoms with Gasteiger partial charge in [-0.15, -0.1) is 0 Å². The van der Waals surface area contributed by atoms with Crippen LogP contribution >= 0.6 is 0 Å². The first-order valence-electron chi connectivity index (χ1n) is 10.4. The number of hydrogen-bond donors (Lipinski definition) is 2. The zero-order chi connectivity index (χ0) is 23.4. The van der Waals surface area contributed by atoms with Gasteiger partial charge >= 0.3 is 0 Å². The summed E-state index contributed by atoms with van der Waals surface area (Å²) in [6.45, 7) is 1.20. The van der Waals surface area contributed by atoms with E-state index in [0.29, 0.717) is 11.5 Å². The molecule has 4 aromatic rings. The van der Waals surface area contributed by atoms with Crippen molar-refractivity contribution in [1.29, 1.82) is 0 Å². The molecule has 0 radical (unpaired) electrons. The van der Waals surface area contributed by atoms with Crippen LogP contribution in [0.2, 0.25) is 0 Å². The van der Waals surface area contributed by atoms with Crippen LogP contribution in [0, 0.1) is 5.82 Å². The Labute approximate surface area is 190 Å². The first-order chi connectivity index (χ1) is 16.0. The summed E-state index contributed by atoms with van der Waals surface area (Å²) in [5.74, 6) is 0.448. The lowest BCUT2D eigenvalue weighted by atomic mass is 10.0. The van der Waals surface area contributed by atoms with Crippen LogP contribution in [0.4, 0.5) is 4.39 Å². The van der Waals surface area contributed by atoms with Gasteiger partial charge in [0.25, 0.3) is 0 Å². The largest absolute Gasteiger partial charge is 0.497 e. The van der Waals surface area contributed by atoms with Crippen LogP contribution in [0.1, 0.15) is 18.6 Å². The third kappa shape index (κ3) is 4.96. The van der Waals surface area contributed by atoms with E-state index in [4.69, 9.17) is 14.6 Å². The van der Waals surface area contributed by atoms with E-state index < -0.39 is 24.7 Å². The van der Waals surface area contributed by atoms with Crippen LogP contribution in [0.25, 0.3) is 16.6 Å². The van der Waals surface area contributed by atoms with Crippen LogP contribution < -0.4 is 14.8 Å². The van der Waals surface area contributed by atoms with Gasteiger partial charge in [-0.05, 0) is 67.1 Å². The zero-order valence-electron chi connectivity index (χ0n) is 18.2. The number of halogens is 1. The summed E-state index contributed by atoms with van der Waals surface area (Å²) >= 11 is 0. The molecule has 1 heterocycles. The molecule has 33 heavy (non-hydrogen) atoms. The average molecular weight is 449 g/mol. The highest BCUT2D eigenvalue weighted by atomic mass is 19.1. The molecule has 0 spiro atoms. The minimum atomic E-state index is -0.607. The van der Waals surface area contributed by atoms with Gasteiger partial charge in [-0.1, -0.05) is 12.1 Å². The minimum absolute atomic E-state index is 0.308. The Kier molecular flexibility index (Phi) is 6.55. The number of hydrogen-bond acceptors (Lipinski definition) is 5. The summed E-state index contributed by atoms with van der Waals surface area (Å²) in [4.78, 5) is 11.8. The molecule has 2 atom stereocenters. The van der Waals surface area contributed by atoms with Crippen LogP contribution in [-0.4, -0.2) is 40.6 Å². The number of carbonyl (C=O) groups excluding carboxylic acids is 1. The van der Waals surface area contributed by atoms with E-state index >= 15 is 0 Å². The Morgan fingerprint density at radius 3 is 2.64 bits per heavy atom. The van der Waals surface area contributed by atoms with Gasteiger partial charge in [0.1, 0.15) is 30.0 Å². The van der Waals surface area contributed by atoms with E-state index in [2.05, 4.69) is 10.4 Å². The lowest BCUT2D eigenvalue weighted by Gasteiger charge is -2.26. The number of nitrogens with one attached hydrogen (secondary N) is 1. The molecule has 0 aliphatic rings. The average Bonchev–Trinajstić information content (AvgIpc) is 3.26. The van der Waals surface area contributed by atoms with E-state index in [1.165, 1.54) is 12.1 Å². The second kappa shape index (κ2) is 9.70. The van der Waals surface area contributed by atoms with Gasteiger partial charge in [0.05, 0.1) is 30.6 Å². The summed E-state index contributed by atoms with van der Waals surface area (Å²) in [5, 5.41) is 17.1. The lowest BCUT2D eigenvalue weighted by Crippen LogP contribution is -2.40. The molecule has 2 unspecified atom stereocenters. The van der Waals surface area contributed by atoms with E-state index in [9.17, 15) is 9.18 Å². The number of methoxy groups -OCH3 is 1. The number of amides is 1. The van der Waals surface area contributed by atoms with Crippen molar-refractivity contribution in [3.63, 3.8) is 0 Å². The Balaban J connectivity index is 1.65. The van der Waals surface area contributed by atoms with E-state index in [-0.39, 0.29) is 5.82 Å². The molecule has 0 saturated heterocycles. The fraction of sp³-hybridized carbons (Fsp3) is 0.200. The normalized spacial score (nSPS) is 12.8. The predicted molar refractivity (Wildman–Crippen MR) is 122 cm³/mol. The van der Waals surface area contributed by atoms with Crippen LogP contribution in [-0.2, 0) is 4.79 Å². The van der Waals surface area contributed by atoms with Crippen molar-refractivity contribution in [1.82, 2.24) is 15.1 Å². The van der Waals surface area contributed by atoms with Gasteiger partial charge in [-0.25, -0.2) is 9.07 Å². The first-order valence-corrected chi connectivity index (χ1v) is 10.4. The molecule has 1 aromatic heterocycles. The summed E-state index contributed by atoms with van der Waals surface area (Å²) in [6, 6.07) is 18.6. The van der Waals surface area contributed by atoms with Crippen molar-refractivity contribution in [2.75, 3.05) is 13.7 Å². The Morgan fingerprint density at radius 2 is 1.91 bits per heavy atom. The van der Waals surface area contributed by atoms with Gasteiger partial charge < -0.3 is 19.9 Å². The monoisotopic (exact) mass is 449 g/mol. The molecule has 0 aliphatic carbocycles. The molecule has 1 amide bonds. The minimum Gasteiger partial charge on any atom is -0.497 e. The SMILES string of the molecule is COc1cccc(C(Oc2ccc3c(cnn3-c3ccc(F)cc3)c2)C(C)NC(=O)CO)c1. The second-order valence-electron chi connectivity index (χ2n) is 7.58. The maximum absolute atomic E-state index is 13.3. The second-order valence-corrected chi connectivity index (χ2v) is 7.58. The van der Waals surface area contributed by atoms with Crippen LogP contribution in [0.5, 0.6) is 11.5 Å². The smallest absolute Gasteiger partial charge is 0.246 e. The quantitative estimate of drug-likeness (QED) is 0.428. The summed E-state index contributed by atoms with van der Waals surface area (Å²) in [5.41, 5.74) is 2.39. The highest BCUT2D eigenvalue weighted by molar-refractivity contribution is 5.81. The van der Waals surface area contributed by atoms with Gasteiger partial charge in [0.15, 0.2) is 0 Å². The van der Waals surface area contributed by atoms with E-state index in [1.54, 1.807) is 30.1 Å². The molecule has 8 heteroatoms. The molecular formula is C25H24FN3O4. The number of benzene rings is 3. The van der Waals surface area contributed by atoms with Gasteiger partial charge in [-0.2, -0.15) is 5.10 Å². The van der Waals surface area contributed by atoms with E-state index in [0.717, 1.165) is 22.2 Å². The molecule has 0 fully saturated rings. The van der Waals surface area contributed by atoms with Crippen molar-refractivity contribution >= 4 is 16.8 Å². The zero-order valence-corrected chi connectivity index (χ0v) is 18.2. The topological polar surface area (TPSA) is 85.6 Å². The predicted octanol–water partition coefficient (Wildman–Crippen LogP) is 3.79. The molecule has 2 N–H and O–H groups in total. The summed E-state index contributed by atoms with van der Waals surface area (Å²) < 4.78 is 26.6. The van der Waals surface area contributed by atoms with E-state index in [1.807, 2.05) is 49.4 Å². The molecule has 7 nitrogen and oxygen atoms in total. The number of aliphatic hydroxyl groups is 1. The van der Waals surface area contributed by atoms with Crippen LogP contribution in [0.15, 0.2) is 72.9 Å². The Bertz CT molecular complexity index is 1260. The van der Waals surface area contributed by atoms with Crippen molar-refractivity contribution < 1.29 is 23.8 Å². The molecule has 170 valence electrons. The van der Waals surface area contributed by atoms with Crippen molar-refractivity contribution in [2.45, 2.75) is 19.1 Å². The molecule has 3 aromatic carbocycles. The number of aliphatic hydroxyl groups excluding tert-OH is 1. The lowest BCUT2D eigenvalue weighted by molar-refractivity contribution is -0.125. The number of nitrogens with zero attached hydrogens (tertiary/aromatic N) is 2. The number of ether oxygens (including phenoxy) is 2. The van der Waals surface area contributed by atoms with Crippen LogP contribution in [0.3, 0.4) is 0 Å². The van der Waals surface area contributed by atoms with Crippen molar-refractivity contribution in [3.05, 3.63) is 84.3 Å². The molecule has 0 aliphatic heterocycles. The molecule has 0 saturated carbocycles. The molecule has 4 rings (SSSR count). The number of carbonyl (C=O) groups is 1. The highest BCUT2D eigenvalue weighted by Gasteiger charge is 2.24. The third-order valence-electron chi connectivity index (χ3n) is 5.28. The van der Waals surface area contributed by atoms with Gasteiger partial charge in [-0.3, -0.25) is 4.79 Å². The number of fused-ring (bicyclic) bond motifs is 1. The molecule has 0 bridgehead atoms.